The molecule has 1 amide bonds. The van der Waals surface area contributed by atoms with Crippen LogP contribution in [0.1, 0.15) is 16.2 Å². The average molecular weight is 212 g/mol. The first kappa shape index (κ1) is 10.1. The largest absolute Gasteiger partial charge is 0.388 e. The summed E-state index contributed by atoms with van der Waals surface area (Å²) in [5.41, 5.74) is 0.624. The van der Waals surface area contributed by atoms with Gasteiger partial charge in [-0.3, -0.25) is 4.79 Å². The zero-order valence-corrected chi connectivity index (χ0v) is 8.25. The van der Waals surface area contributed by atoms with Gasteiger partial charge in [0.25, 0.3) is 5.91 Å². The zero-order valence-electron chi connectivity index (χ0n) is 8.25. The summed E-state index contributed by atoms with van der Waals surface area (Å²) in [4.78, 5) is 13.1. The molecule has 0 saturated carbocycles. The van der Waals surface area contributed by atoms with Gasteiger partial charge in [-0.1, -0.05) is 5.16 Å². The average Bonchev–Trinajstić information content (AvgIpc) is 2.74. The highest BCUT2D eigenvalue weighted by molar-refractivity contribution is 5.91. The smallest absolute Gasteiger partial charge is 0.292 e. The molecule has 6 nitrogen and oxygen atoms in total. The second-order valence-corrected chi connectivity index (χ2v) is 3.68. The van der Waals surface area contributed by atoms with Crippen LogP contribution in [0.2, 0.25) is 0 Å². The molecule has 0 aromatic carbocycles. The van der Waals surface area contributed by atoms with Crippen LogP contribution in [-0.2, 0) is 0 Å². The highest BCUT2D eigenvalue weighted by Crippen LogP contribution is 2.14. The van der Waals surface area contributed by atoms with E-state index < -0.39 is 12.2 Å². The van der Waals surface area contributed by atoms with Crippen LogP contribution in [0, 0.1) is 6.92 Å². The SMILES string of the molecule is Cc1cc(C(=O)N2CC(O)C(O)C2)on1. The molecule has 0 bridgehead atoms. The number of aromatic nitrogens is 1. The Labute approximate surface area is 86.1 Å². The van der Waals surface area contributed by atoms with E-state index in [1.165, 1.54) is 11.0 Å². The fraction of sp³-hybridized carbons (Fsp3) is 0.556. The lowest BCUT2D eigenvalue weighted by Crippen LogP contribution is -2.29. The van der Waals surface area contributed by atoms with E-state index in [1.807, 2.05) is 0 Å². The standard InChI is InChI=1S/C9H12N2O4/c1-5-2-8(15-10-5)9(14)11-3-6(12)7(13)4-11/h2,6-7,12-13H,3-4H2,1H3. The van der Waals surface area contributed by atoms with Crippen LogP contribution in [0.25, 0.3) is 0 Å². The van der Waals surface area contributed by atoms with Gasteiger partial charge in [0.15, 0.2) is 0 Å². The minimum Gasteiger partial charge on any atom is -0.388 e. The first-order valence-corrected chi connectivity index (χ1v) is 4.66. The Morgan fingerprint density at radius 2 is 2.13 bits per heavy atom. The molecule has 15 heavy (non-hydrogen) atoms. The van der Waals surface area contributed by atoms with Crippen molar-refractivity contribution in [1.29, 1.82) is 0 Å². The molecule has 82 valence electrons. The molecule has 1 aromatic heterocycles. The molecule has 2 heterocycles. The fourth-order valence-corrected chi connectivity index (χ4v) is 1.56. The maximum absolute atomic E-state index is 11.7. The van der Waals surface area contributed by atoms with Gasteiger partial charge in [-0.2, -0.15) is 0 Å². The van der Waals surface area contributed by atoms with Gasteiger partial charge in [-0.25, -0.2) is 0 Å². The van der Waals surface area contributed by atoms with Crippen LogP contribution in [-0.4, -0.2) is 51.5 Å². The molecule has 0 radical (unpaired) electrons. The maximum atomic E-state index is 11.7. The molecule has 2 unspecified atom stereocenters. The fourth-order valence-electron chi connectivity index (χ4n) is 1.56. The number of hydrogen-bond donors (Lipinski definition) is 2. The van der Waals surface area contributed by atoms with Crippen LogP contribution in [0.5, 0.6) is 0 Å². The summed E-state index contributed by atoms with van der Waals surface area (Å²) in [5.74, 6) is -0.222. The lowest BCUT2D eigenvalue weighted by molar-refractivity contribution is 0.0572. The third kappa shape index (κ3) is 1.86. The summed E-state index contributed by atoms with van der Waals surface area (Å²) >= 11 is 0. The highest BCUT2D eigenvalue weighted by Gasteiger charge is 2.34. The number of carbonyl (C=O) groups is 1. The summed E-state index contributed by atoms with van der Waals surface area (Å²) in [6.45, 7) is 1.97. The van der Waals surface area contributed by atoms with Crippen molar-refractivity contribution in [2.24, 2.45) is 0 Å². The summed E-state index contributed by atoms with van der Waals surface area (Å²) in [6.07, 6.45) is -1.75. The molecule has 1 aliphatic heterocycles. The van der Waals surface area contributed by atoms with Crippen molar-refractivity contribution in [3.05, 3.63) is 17.5 Å². The first-order valence-electron chi connectivity index (χ1n) is 4.66. The molecular weight excluding hydrogens is 200 g/mol. The Morgan fingerprint density at radius 3 is 2.60 bits per heavy atom. The second-order valence-electron chi connectivity index (χ2n) is 3.68. The van der Waals surface area contributed by atoms with E-state index in [0.717, 1.165) is 0 Å². The third-order valence-corrected chi connectivity index (χ3v) is 2.39. The number of likely N-dealkylation sites (tertiary alicyclic amines) is 1. The van der Waals surface area contributed by atoms with Gasteiger partial charge in [0.2, 0.25) is 5.76 Å². The van der Waals surface area contributed by atoms with Gasteiger partial charge < -0.3 is 19.6 Å². The number of amides is 1. The number of aliphatic hydroxyl groups excluding tert-OH is 2. The monoisotopic (exact) mass is 212 g/mol. The van der Waals surface area contributed by atoms with Crippen LogP contribution < -0.4 is 0 Å². The molecule has 1 saturated heterocycles. The van der Waals surface area contributed by atoms with Gasteiger partial charge in [0.1, 0.15) is 0 Å². The van der Waals surface area contributed by atoms with Gasteiger partial charge in [-0.15, -0.1) is 0 Å². The minimum atomic E-state index is -0.877. The topological polar surface area (TPSA) is 86.8 Å². The zero-order chi connectivity index (χ0) is 11.0. The van der Waals surface area contributed by atoms with Crippen molar-refractivity contribution >= 4 is 5.91 Å². The van der Waals surface area contributed by atoms with Gasteiger partial charge in [0, 0.05) is 19.2 Å². The molecule has 2 rings (SSSR count). The lowest BCUT2D eigenvalue weighted by atomic mass is 10.3. The molecular formula is C9H12N2O4. The Balaban J connectivity index is 2.10. The van der Waals surface area contributed by atoms with Gasteiger partial charge >= 0.3 is 0 Å². The quantitative estimate of drug-likeness (QED) is 0.634. The Bertz CT molecular complexity index is 366. The number of carbonyl (C=O) groups excluding carboxylic acids is 1. The number of hydrogen-bond acceptors (Lipinski definition) is 5. The molecule has 6 heteroatoms. The molecule has 2 atom stereocenters. The second kappa shape index (κ2) is 3.63. The van der Waals surface area contributed by atoms with Crippen molar-refractivity contribution in [2.45, 2.75) is 19.1 Å². The van der Waals surface area contributed by atoms with E-state index >= 15 is 0 Å². The summed E-state index contributed by atoms with van der Waals surface area (Å²) in [6, 6.07) is 1.53. The Morgan fingerprint density at radius 1 is 1.53 bits per heavy atom. The summed E-state index contributed by atoms with van der Waals surface area (Å²) in [5, 5.41) is 22.2. The van der Waals surface area contributed by atoms with E-state index in [0.29, 0.717) is 5.69 Å². The minimum absolute atomic E-state index is 0.125. The van der Waals surface area contributed by atoms with Crippen molar-refractivity contribution in [1.82, 2.24) is 10.1 Å². The van der Waals surface area contributed by atoms with Crippen LogP contribution in [0.4, 0.5) is 0 Å². The molecule has 1 aromatic rings. The predicted octanol–water partition coefficient (Wildman–Crippen LogP) is -0.839. The molecule has 0 spiro atoms. The normalized spacial score (nSPS) is 25.9. The maximum Gasteiger partial charge on any atom is 0.292 e. The van der Waals surface area contributed by atoms with Gasteiger partial charge in [0.05, 0.1) is 17.9 Å². The van der Waals surface area contributed by atoms with E-state index in [4.69, 9.17) is 4.52 Å². The number of rotatable bonds is 1. The van der Waals surface area contributed by atoms with Crippen molar-refractivity contribution < 1.29 is 19.5 Å². The Hall–Kier alpha value is -1.40. The van der Waals surface area contributed by atoms with E-state index in [9.17, 15) is 15.0 Å². The number of β-amino-alcohol motifs (C(OH)–C–C–N with tert-alkyl or cyclic N) is 2. The van der Waals surface area contributed by atoms with Crippen LogP contribution in [0.3, 0.4) is 0 Å². The van der Waals surface area contributed by atoms with Crippen molar-refractivity contribution in [3.8, 4) is 0 Å². The van der Waals surface area contributed by atoms with Gasteiger partial charge in [-0.05, 0) is 6.92 Å². The van der Waals surface area contributed by atoms with Crippen LogP contribution >= 0.6 is 0 Å². The van der Waals surface area contributed by atoms with E-state index in [-0.39, 0.29) is 24.8 Å². The predicted molar refractivity (Wildman–Crippen MR) is 49.2 cm³/mol. The summed E-state index contributed by atoms with van der Waals surface area (Å²) < 4.78 is 4.80. The summed E-state index contributed by atoms with van der Waals surface area (Å²) in [7, 11) is 0. The van der Waals surface area contributed by atoms with Crippen molar-refractivity contribution in [3.63, 3.8) is 0 Å². The number of nitrogens with zero attached hydrogens (tertiary/aromatic N) is 2. The number of aryl methyl sites for hydroxylation is 1. The molecule has 2 N–H and O–H groups in total. The van der Waals surface area contributed by atoms with Crippen LogP contribution in [0.15, 0.2) is 10.6 Å². The molecule has 1 fully saturated rings. The van der Waals surface area contributed by atoms with E-state index in [2.05, 4.69) is 5.16 Å². The first-order chi connectivity index (χ1) is 7.08. The van der Waals surface area contributed by atoms with Crippen molar-refractivity contribution in [2.75, 3.05) is 13.1 Å². The third-order valence-electron chi connectivity index (χ3n) is 2.39. The number of aliphatic hydroxyl groups is 2. The highest BCUT2D eigenvalue weighted by atomic mass is 16.5. The lowest BCUT2D eigenvalue weighted by Gasteiger charge is -2.12. The molecule has 1 aliphatic rings. The molecule has 0 aliphatic carbocycles. The van der Waals surface area contributed by atoms with E-state index in [1.54, 1.807) is 6.92 Å². The Kier molecular flexibility index (Phi) is 2.45.